The highest BCUT2D eigenvalue weighted by Gasteiger charge is 2.09. The Morgan fingerprint density at radius 3 is 2.64 bits per heavy atom. The van der Waals surface area contributed by atoms with Gasteiger partial charge in [0.2, 0.25) is 0 Å². The van der Waals surface area contributed by atoms with Gasteiger partial charge in [0.1, 0.15) is 0 Å². The number of imidazole rings is 1. The van der Waals surface area contributed by atoms with Gasteiger partial charge in [-0.15, -0.1) is 0 Å². The second kappa shape index (κ2) is 6.64. The third-order valence-corrected chi connectivity index (χ3v) is 4.48. The summed E-state index contributed by atoms with van der Waals surface area (Å²) in [5.41, 5.74) is 3.22. The van der Waals surface area contributed by atoms with Crippen molar-refractivity contribution in [2.24, 2.45) is 14.1 Å². The molecule has 22 heavy (non-hydrogen) atoms. The molecule has 1 aliphatic rings. The fourth-order valence-electron chi connectivity index (χ4n) is 3.07. The monoisotopic (exact) mass is 303 g/mol. The molecule has 0 unspecified atom stereocenters. The Balaban J connectivity index is 1.57. The van der Waals surface area contributed by atoms with Crippen LogP contribution in [-0.2, 0) is 20.6 Å². The van der Waals surface area contributed by atoms with Crippen LogP contribution in [0.3, 0.4) is 0 Å². The molecule has 0 spiro atoms. The van der Waals surface area contributed by atoms with Crippen LogP contribution in [0.25, 0.3) is 11.0 Å². The summed E-state index contributed by atoms with van der Waals surface area (Å²) in [6.45, 7) is 7.39. The van der Waals surface area contributed by atoms with Crippen molar-refractivity contribution in [1.82, 2.24) is 24.7 Å². The van der Waals surface area contributed by atoms with E-state index in [1.54, 1.807) is 9.13 Å². The van der Waals surface area contributed by atoms with Crippen molar-refractivity contribution in [2.75, 3.05) is 39.3 Å². The Labute approximate surface area is 130 Å². The van der Waals surface area contributed by atoms with Crippen molar-refractivity contribution in [2.45, 2.75) is 6.54 Å². The summed E-state index contributed by atoms with van der Waals surface area (Å²) in [6, 6.07) is 6.23. The van der Waals surface area contributed by atoms with Crippen LogP contribution in [0, 0.1) is 0 Å². The summed E-state index contributed by atoms with van der Waals surface area (Å²) in [4.78, 5) is 14.4. The van der Waals surface area contributed by atoms with Gasteiger partial charge in [-0.2, -0.15) is 0 Å². The number of rotatable bonds is 5. The highest BCUT2D eigenvalue weighted by Crippen LogP contribution is 2.13. The van der Waals surface area contributed by atoms with Gasteiger partial charge in [-0.3, -0.25) is 14.0 Å². The van der Waals surface area contributed by atoms with E-state index in [0.717, 1.165) is 56.8 Å². The maximum Gasteiger partial charge on any atom is 0.328 e. The lowest BCUT2D eigenvalue weighted by molar-refractivity contribution is 0.241. The Bertz CT molecular complexity index is 696. The van der Waals surface area contributed by atoms with E-state index in [1.807, 2.05) is 20.2 Å². The maximum atomic E-state index is 11.9. The summed E-state index contributed by atoms with van der Waals surface area (Å²) in [7, 11) is 3.64. The summed E-state index contributed by atoms with van der Waals surface area (Å²) in [5, 5.41) is 6.87. The molecule has 0 saturated carbocycles. The number of nitrogens with zero attached hydrogens (tertiary/aromatic N) is 3. The van der Waals surface area contributed by atoms with Crippen molar-refractivity contribution >= 4 is 11.0 Å². The lowest BCUT2D eigenvalue weighted by Crippen LogP contribution is -2.45. The Morgan fingerprint density at radius 2 is 1.86 bits per heavy atom. The molecule has 1 aromatic carbocycles. The van der Waals surface area contributed by atoms with Crippen LogP contribution >= 0.6 is 0 Å². The number of piperazine rings is 1. The minimum atomic E-state index is 0.0267. The maximum absolute atomic E-state index is 11.9. The first-order chi connectivity index (χ1) is 10.7. The SMILES string of the molecule is Cn1c(=O)n(C)c2cc(CNCCN3CCNCC3)ccc21. The minimum absolute atomic E-state index is 0.0267. The number of fused-ring (bicyclic) bond motifs is 1. The fourth-order valence-corrected chi connectivity index (χ4v) is 3.07. The zero-order valence-electron chi connectivity index (χ0n) is 13.4. The molecule has 2 aromatic rings. The van der Waals surface area contributed by atoms with E-state index in [9.17, 15) is 4.79 Å². The molecule has 0 bridgehead atoms. The molecular weight excluding hydrogens is 278 g/mol. The number of nitrogens with one attached hydrogen (secondary N) is 2. The molecule has 0 atom stereocenters. The quantitative estimate of drug-likeness (QED) is 0.756. The Hall–Kier alpha value is -1.63. The van der Waals surface area contributed by atoms with Gasteiger partial charge >= 0.3 is 5.69 Å². The summed E-state index contributed by atoms with van der Waals surface area (Å²) in [6.07, 6.45) is 0. The molecule has 0 radical (unpaired) electrons. The molecule has 3 rings (SSSR count). The molecule has 0 amide bonds. The van der Waals surface area contributed by atoms with Gasteiger partial charge in [0.25, 0.3) is 0 Å². The van der Waals surface area contributed by atoms with E-state index in [1.165, 1.54) is 5.56 Å². The smallest absolute Gasteiger partial charge is 0.314 e. The Kier molecular flexibility index (Phi) is 4.61. The molecular formula is C16H25N5O. The molecule has 1 aliphatic heterocycles. The first-order valence-electron chi connectivity index (χ1n) is 7.95. The van der Waals surface area contributed by atoms with E-state index in [2.05, 4.69) is 27.7 Å². The predicted molar refractivity (Wildman–Crippen MR) is 89.2 cm³/mol. The minimum Gasteiger partial charge on any atom is -0.314 e. The zero-order valence-corrected chi connectivity index (χ0v) is 13.4. The number of hydrogen-bond donors (Lipinski definition) is 2. The van der Waals surface area contributed by atoms with Crippen LogP contribution in [-0.4, -0.2) is 53.3 Å². The first kappa shape index (κ1) is 15.3. The molecule has 1 saturated heterocycles. The summed E-state index contributed by atoms with van der Waals surface area (Å²) < 4.78 is 3.40. The first-order valence-corrected chi connectivity index (χ1v) is 7.95. The molecule has 2 heterocycles. The van der Waals surface area contributed by atoms with Crippen LogP contribution in [0.15, 0.2) is 23.0 Å². The average Bonchev–Trinajstić information content (AvgIpc) is 2.77. The van der Waals surface area contributed by atoms with Gasteiger partial charge in [0.15, 0.2) is 0 Å². The number of aryl methyl sites for hydroxylation is 2. The van der Waals surface area contributed by atoms with Crippen LogP contribution in [0.1, 0.15) is 5.56 Å². The molecule has 6 heteroatoms. The normalized spacial score (nSPS) is 16.5. The van der Waals surface area contributed by atoms with E-state index < -0.39 is 0 Å². The Morgan fingerprint density at radius 1 is 1.14 bits per heavy atom. The largest absolute Gasteiger partial charge is 0.328 e. The van der Waals surface area contributed by atoms with Crippen molar-refractivity contribution in [3.63, 3.8) is 0 Å². The lowest BCUT2D eigenvalue weighted by Gasteiger charge is -2.27. The van der Waals surface area contributed by atoms with Crippen LogP contribution in [0.2, 0.25) is 0 Å². The van der Waals surface area contributed by atoms with Gasteiger partial charge in [0, 0.05) is 59.9 Å². The molecule has 0 aliphatic carbocycles. The predicted octanol–water partition coefficient (Wildman–Crippen LogP) is -0.128. The van der Waals surface area contributed by atoms with Gasteiger partial charge < -0.3 is 10.6 Å². The van der Waals surface area contributed by atoms with Crippen molar-refractivity contribution in [3.05, 3.63) is 34.2 Å². The van der Waals surface area contributed by atoms with Gasteiger partial charge in [-0.25, -0.2) is 4.79 Å². The van der Waals surface area contributed by atoms with Crippen LogP contribution in [0.4, 0.5) is 0 Å². The number of hydrogen-bond acceptors (Lipinski definition) is 4. The molecule has 1 aromatic heterocycles. The molecule has 2 N–H and O–H groups in total. The van der Waals surface area contributed by atoms with E-state index >= 15 is 0 Å². The van der Waals surface area contributed by atoms with Gasteiger partial charge in [0.05, 0.1) is 11.0 Å². The summed E-state index contributed by atoms with van der Waals surface area (Å²) >= 11 is 0. The number of aromatic nitrogens is 2. The lowest BCUT2D eigenvalue weighted by atomic mass is 10.2. The van der Waals surface area contributed by atoms with Crippen LogP contribution < -0.4 is 16.3 Å². The topological polar surface area (TPSA) is 54.2 Å². The second-order valence-electron chi connectivity index (χ2n) is 5.99. The van der Waals surface area contributed by atoms with Crippen molar-refractivity contribution in [3.8, 4) is 0 Å². The number of benzene rings is 1. The summed E-state index contributed by atoms with van der Waals surface area (Å²) in [5.74, 6) is 0. The average molecular weight is 303 g/mol. The zero-order chi connectivity index (χ0) is 15.5. The molecule has 1 fully saturated rings. The van der Waals surface area contributed by atoms with Crippen molar-refractivity contribution < 1.29 is 0 Å². The second-order valence-corrected chi connectivity index (χ2v) is 5.99. The highest BCUT2D eigenvalue weighted by atomic mass is 16.1. The highest BCUT2D eigenvalue weighted by molar-refractivity contribution is 5.76. The molecule has 6 nitrogen and oxygen atoms in total. The van der Waals surface area contributed by atoms with Crippen LogP contribution in [0.5, 0.6) is 0 Å². The standard InChI is InChI=1S/C16H25N5O/c1-19-14-4-3-13(11-15(14)20(2)16(19)22)12-18-7-10-21-8-5-17-6-9-21/h3-4,11,17-18H,5-10,12H2,1-2H3. The molecule has 120 valence electrons. The third kappa shape index (κ3) is 3.09. The van der Waals surface area contributed by atoms with E-state index in [4.69, 9.17) is 0 Å². The van der Waals surface area contributed by atoms with E-state index in [0.29, 0.717) is 0 Å². The fraction of sp³-hybridized carbons (Fsp3) is 0.562. The van der Waals surface area contributed by atoms with E-state index in [-0.39, 0.29) is 5.69 Å². The van der Waals surface area contributed by atoms with Crippen molar-refractivity contribution in [1.29, 1.82) is 0 Å². The van der Waals surface area contributed by atoms with Gasteiger partial charge in [-0.05, 0) is 17.7 Å². The van der Waals surface area contributed by atoms with Gasteiger partial charge in [-0.1, -0.05) is 6.07 Å². The third-order valence-electron chi connectivity index (χ3n) is 4.48.